The first-order chi connectivity index (χ1) is 3.50. The van der Waals surface area contributed by atoms with Crippen LogP contribution in [0.25, 0.3) is 0 Å². The molecule has 0 aromatic carbocycles. The summed E-state index contributed by atoms with van der Waals surface area (Å²) in [5.74, 6) is 0. The molecule has 38 valence electrons. The number of rotatable bonds is 0. The first-order valence-electron chi connectivity index (χ1n) is 2.28. The second-order valence-corrected chi connectivity index (χ2v) is 1.31. The van der Waals surface area contributed by atoms with Crippen LogP contribution in [0, 0.1) is 6.73 Å². The van der Waals surface area contributed by atoms with Gasteiger partial charge >= 0.3 is 0 Å². The van der Waals surface area contributed by atoms with E-state index < -0.39 is 0 Å². The Morgan fingerprint density at radius 2 is 2.71 bits per heavy atom. The van der Waals surface area contributed by atoms with E-state index in [4.69, 9.17) is 0 Å². The molecule has 0 fully saturated rings. The summed E-state index contributed by atoms with van der Waals surface area (Å²) in [4.78, 5) is 0. The third-order valence-electron chi connectivity index (χ3n) is 0.731. The van der Waals surface area contributed by atoms with Crippen LogP contribution in [0.5, 0.6) is 0 Å². The zero-order valence-corrected chi connectivity index (χ0v) is 3.98. The predicted molar refractivity (Wildman–Crippen MR) is 26.1 cm³/mol. The fourth-order valence-electron chi connectivity index (χ4n) is 0.398. The van der Waals surface area contributed by atoms with Crippen LogP contribution in [0.15, 0.2) is 12.3 Å². The summed E-state index contributed by atoms with van der Waals surface area (Å²) >= 11 is 0. The molecule has 2 nitrogen and oxygen atoms in total. The maximum absolute atomic E-state index is 4.65. The summed E-state index contributed by atoms with van der Waals surface area (Å²) in [5.41, 5.74) is 0. The van der Waals surface area contributed by atoms with Crippen molar-refractivity contribution in [3.63, 3.8) is 0 Å². The molecular formula is C5H7NO. The molecule has 0 bridgehead atoms. The van der Waals surface area contributed by atoms with Crippen LogP contribution in [0.2, 0.25) is 0 Å². The van der Waals surface area contributed by atoms with E-state index in [2.05, 4.69) is 16.8 Å². The Morgan fingerprint density at radius 3 is 3.71 bits per heavy atom. The van der Waals surface area contributed by atoms with Crippen molar-refractivity contribution in [3.05, 3.63) is 19.1 Å². The van der Waals surface area contributed by atoms with Gasteiger partial charge in [0.1, 0.15) is 0 Å². The quantitative estimate of drug-likeness (QED) is 0.475. The van der Waals surface area contributed by atoms with E-state index in [0.29, 0.717) is 0 Å². The van der Waals surface area contributed by atoms with E-state index in [1.54, 1.807) is 6.26 Å². The van der Waals surface area contributed by atoms with E-state index in [9.17, 15) is 0 Å². The average Bonchev–Trinajstić information content (AvgIpc) is 1.90. The topological polar surface area (TPSA) is 21.3 Å². The highest BCUT2D eigenvalue weighted by Gasteiger charge is 1.89. The van der Waals surface area contributed by atoms with Crippen molar-refractivity contribution in [2.45, 2.75) is 6.42 Å². The highest BCUT2D eigenvalue weighted by molar-refractivity contribution is 4.78. The number of nitrogens with one attached hydrogen (secondary N) is 1. The van der Waals surface area contributed by atoms with Crippen LogP contribution in [0.4, 0.5) is 0 Å². The normalized spacial score (nSPS) is 20.6. The van der Waals surface area contributed by atoms with Gasteiger partial charge in [-0.25, -0.2) is 0 Å². The molecule has 0 aromatic rings. The molecule has 1 rings (SSSR count). The van der Waals surface area contributed by atoms with Crippen LogP contribution in [0.3, 0.4) is 0 Å². The summed E-state index contributed by atoms with van der Waals surface area (Å²) in [7, 11) is 0. The smallest absolute Gasteiger partial charge is 0.278 e. The van der Waals surface area contributed by atoms with Crippen LogP contribution in [-0.4, -0.2) is 6.54 Å². The molecule has 2 heteroatoms. The molecule has 0 saturated heterocycles. The van der Waals surface area contributed by atoms with Crippen molar-refractivity contribution >= 4 is 0 Å². The maximum Gasteiger partial charge on any atom is 0.278 e. The van der Waals surface area contributed by atoms with Gasteiger partial charge in [0, 0.05) is 6.54 Å². The molecule has 0 saturated carbocycles. The molecule has 0 spiro atoms. The van der Waals surface area contributed by atoms with Gasteiger partial charge in [0.15, 0.2) is 0 Å². The average molecular weight is 97.1 g/mol. The first-order valence-corrected chi connectivity index (χ1v) is 2.28. The minimum absolute atomic E-state index is 0.927. The summed E-state index contributed by atoms with van der Waals surface area (Å²) in [6.07, 6.45) is 4.60. The number of ether oxygens (including phenoxy) is 1. The summed E-state index contributed by atoms with van der Waals surface area (Å²) in [6.45, 7) is 3.44. The zero-order chi connectivity index (χ0) is 4.95. The monoisotopic (exact) mass is 97.1 g/mol. The molecule has 0 unspecified atom stereocenters. The Bertz CT molecular complexity index is 62.5. The van der Waals surface area contributed by atoms with Gasteiger partial charge in [0.2, 0.25) is 0 Å². The zero-order valence-electron chi connectivity index (χ0n) is 3.98. The minimum Gasteiger partial charge on any atom is -0.468 e. The van der Waals surface area contributed by atoms with Crippen molar-refractivity contribution in [2.24, 2.45) is 0 Å². The number of hydrogen-bond donors (Lipinski definition) is 1. The van der Waals surface area contributed by atoms with Gasteiger partial charge in [-0.1, -0.05) is 0 Å². The minimum atomic E-state index is 0.927. The van der Waals surface area contributed by atoms with E-state index in [1.807, 2.05) is 6.08 Å². The SMILES string of the molecule is [C]1NCCC=CO1. The van der Waals surface area contributed by atoms with Gasteiger partial charge in [0.05, 0.1) is 6.26 Å². The van der Waals surface area contributed by atoms with E-state index >= 15 is 0 Å². The van der Waals surface area contributed by atoms with E-state index in [0.717, 1.165) is 13.0 Å². The molecular weight excluding hydrogens is 90.1 g/mol. The molecule has 0 aliphatic carbocycles. The third-order valence-corrected chi connectivity index (χ3v) is 0.731. The highest BCUT2D eigenvalue weighted by Crippen LogP contribution is 1.89. The molecule has 0 amide bonds. The summed E-state index contributed by atoms with van der Waals surface area (Å²) in [6, 6.07) is 0. The van der Waals surface area contributed by atoms with Crippen LogP contribution in [-0.2, 0) is 4.74 Å². The van der Waals surface area contributed by atoms with Crippen LogP contribution in [0.1, 0.15) is 6.42 Å². The Hall–Kier alpha value is -0.500. The lowest BCUT2D eigenvalue weighted by molar-refractivity contribution is 0.310. The number of hydrogen-bond acceptors (Lipinski definition) is 2. The van der Waals surface area contributed by atoms with Gasteiger partial charge in [0.25, 0.3) is 6.73 Å². The maximum atomic E-state index is 4.65. The summed E-state index contributed by atoms with van der Waals surface area (Å²) < 4.78 is 4.65. The lowest BCUT2D eigenvalue weighted by Crippen LogP contribution is -2.08. The van der Waals surface area contributed by atoms with Gasteiger partial charge in [-0.2, -0.15) is 0 Å². The fourth-order valence-corrected chi connectivity index (χ4v) is 0.398. The molecule has 1 heterocycles. The molecule has 7 heavy (non-hydrogen) atoms. The Balaban J connectivity index is 2.20. The highest BCUT2D eigenvalue weighted by atomic mass is 16.5. The molecule has 2 radical (unpaired) electrons. The van der Waals surface area contributed by atoms with Crippen molar-refractivity contribution in [2.75, 3.05) is 6.54 Å². The summed E-state index contributed by atoms with van der Waals surface area (Å²) in [5, 5.41) is 2.81. The van der Waals surface area contributed by atoms with Gasteiger partial charge in [-0.05, 0) is 12.5 Å². The second-order valence-electron chi connectivity index (χ2n) is 1.31. The van der Waals surface area contributed by atoms with E-state index in [1.165, 1.54) is 0 Å². The Morgan fingerprint density at radius 1 is 1.71 bits per heavy atom. The molecule has 1 N–H and O–H groups in total. The van der Waals surface area contributed by atoms with Crippen molar-refractivity contribution < 1.29 is 4.74 Å². The molecule has 0 aromatic heterocycles. The second kappa shape index (κ2) is 2.64. The largest absolute Gasteiger partial charge is 0.468 e. The lowest BCUT2D eigenvalue weighted by atomic mass is 10.4. The molecule has 1 aliphatic rings. The van der Waals surface area contributed by atoms with Gasteiger partial charge in [-0.3, -0.25) is 5.32 Å². The third kappa shape index (κ3) is 1.59. The van der Waals surface area contributed by atoms with Crippen molar-refractivity contribution in [3.8, 4) is 0 Å². The molecule has 1 aliphatic heterocycles. The van der Waals surface area contributed by atoms with Gasteiger partial charge < -0.3 is 4.74 Å². The van der Waals surface area contributed by atoms with E-state index in [-0.39, 0.29) is 0 Å². The van der Waals surface area contributed by atoms with Crippen molar-refractivity contribution in [1.29, 1.82) is 0 Å². The Kier molecular flexibility index (Phi) is 1.75. The van der Waals surface area contributed by atoms with Crippen LogP contribution >= 0.6 is 0 Å². The predicted octanol–water partition coefficient (Wildman–Crippen LogP) is 0.506. The Labute approximate surface area is 43.2 Å². The molecule has 0 atom stereocenters. The lowest BCUT2D eigenvalue weighted by Gasteiger charge is -1.90. The van der Waals surface area contributed by atoms with Gasteiger partial charge in [-0.15, -0.1) is 0 Å². The van der Waals surface area contributed by atoms with Crippen molar-refractivity contribution in [1.82, 2.24) is 5.32 Å². The standard InChI is InChI=1S/C5H7NO/c1-2-4-7-5-6-3-1/h2,4,6H,1,3H2. The van der Waals surface area contributed by atoms with Crippen LogP contribution < -0.4 is 5.32 Å². The first kappa shape index (κ1) is 4.65. The fraction of sp³-hybridized carbons (Fsp3) is 0.400.